The first-order chi connectivity index (χ1) is 9.83. The lowest BCUT2D eigenvalue weighted by atomic mass is 9.97. The number of rotatable bonds is 3. The first kappa shape index (κ1) is 12.5. The van der Waals surface area contributed by atoms with Gasteiger partial charge in [-0.15, -0.1) is 0 Å². The van der Waals surface area contributed by atoms with E-state index in [0.29, 0.717) is 18.8 Å². The summed E-state index contributed by atoms with van der Waals surface area (Å²) in [6, 6.07) is 9.45. The summed E-state index contributed by atoms with van der Waals surface area (Å²) in [5.41, 5.74) is 1.85. The van der Waals surface area contributed by atoms with E-state index in [4.69, 9.17) is 0 Å². The molecule has 1 atom stereocenters. The molecule has 3 heterocycles. The summed E-state index contributed by atoms with van der Waals surface area (Å²) in [7, 11) is 0. The van der Waals surface area contributed by atoms with Gasteiger partial charge in [0.25, 0.3) is 0 Å². The average Bonchev–Trinajstić information content (AvgIpc) is 2.53. The van der Waals surface area contributed by atoms with Gasteiger partial charge in [-0.3, -0.25) is 9.78 Å². The van der Waals surface area contributed by atoms with E-state index in [1.807, 2.05) is 30.3 Å². The Balaban J connectivity index is 1.62. The van der Waals surface area contributed by atoms with Gasteiger partial charge in [-0.05, 0) is 30.2 Å². The first-order valence-corrected chi connectivity index (χ1v) is 6.48. The Morgan fingerprint density at radius 1 is 1.20 bits per heavy atom. The van der Waals surface area contributed by atoms with Gasteiger partial charge in [0.05, 0.1) is 18.2 Å². The van der Waals surface area contributed by atoms with Crippen LogP contribution in [0.4, 0.5) is 5.82 Å². The normalized spacial score (nSPS) is 16.5. The van der Waals surface area contributed by atoms with E-state index in [9.17, 15) is 4.79 Å². The van der Waals surface area contributed by atoms with Crippen LogP contribution in [-0.4, -0.2) is 22.1 Å². The van der Waals surface area contributed by atoms with Crippen molar-refractivity contribution in [3.8, 4) is 0 Å². The monoisotopic (exact) mass is 266 g/mol. The van der Waals surface area contributed by atoms with Crippen LogP contribution in [-0.2, 0) is 17.8 Å². The summed E-state index contributed by atoms with van der Waals surface area (Å²) in [6.45, 7) is 0.434. The van der Waals surface area contributed by atoms with Crippen LogP contribution in [0, 0.1) is 5.92 Å². The molecule has 100 valence electrons. The number of nitrogens with zero attached hydrogens (tertiary/aromatic N) is 3. The topological polar surface area (TPSA) is 67.2 Å². The molecule has 1 aliphatic rings. The van der Waals surface area contributed by atoms with Crippen molar-refractivity contribution in [1.82, 2.24) is 15.3 Å². The van der Waals surface area contributed by atoms with Gasteiger partial charge >= 0.3 is 0 Å². The van der Waals surface area contributed by atoms with Crippen LogP contribution < -0.4 is 5.32 Å². The van der Waals surface area contributed by atoms with E-state index in [2.05, 4.69) is 20.3 Å². The van der Waals surface area contributed by atoms with Gasteiger partial charge in [0.2, 0.25) is 5.91 Å². The molecule has 1 N–H and O–H groups in total. The van der Waals surface area contributed by atoms with Gasteiger partial charge in [-0.25, -0.2) is 9.98 Å². The van der Waals surface area contributed by atoms with Crippen LogP contribution >= 0.6 is 0 Å². The maximum Gasteiger partial charge on any atom is 0.229 e. The van der Waals surface area contributed by atoms with E-state index >= 15 is 0 Å². The van der Waals surface area contributed by atoms with Crippen molar-refractivity contribution in [3.05, 3.63) is 54.0 Å². The summed E-state index contributed by atoms with van der Waals surface area (Å²) in [4.78, 5) is 24.7. The van der Waals surface area contributed by atoms with E-state index in [0.717, 1.165) is 11.3 Å². The van der Waals surface area contributed by atoms with Gasteiger partial charge in [0.1, 0.15) is 0 Å². The maximum atomic E-state index is 12.1. The highest BCUT2D eigenvalue weighted by atomic mass is 16.1. The van der Waals surface area contributed by atoms with Crippen LogP contribution in [0.2, 0.25) is 0 Å². The Labute approximate surface area is 116 Å². The summed E-state index contributed by atoms with van der Waals surface area (Å²) < 4.78 is 0. The molecule has 1 amide bonds. The Kier molecular flexibility index (Phi) is 3.50. The minimum absolute atomic E-state index is 0.0334. The Hall–Kier alpha value is -2.56. The van der Waals surface area contributed by atoms with Crippen LogP contribution in [0.1, 0.15) is 11.3 Å². The molecular formula is C15H14N4O. The maximum absolute atomic E-state index is 12.1. The number of aliphatic imine (C=N–C) groups is 1. The quantitative estimate of drug-likeness (QED) is 0.918. The second kappa shape index (κ2) is 5.61. The molecule has 2 aromatic heterocycles. The van der Waals surface area contributed by atoms with Crippen molar-refractivity contribution in [3.63, 3.8) is 0 Å². The predicted octanol–water partition coefficient (Wildman–Crippen LogP) is 1.67. The van der Waals surface area contributed by atoms with Gasteiger partial charge < -0.3 is 5.32 Å². The van der Waals surface area contributed by atoms with E-state index < -0.39 is 0 Å². The number of pyridine rings is 2. The minimum Gasteiger partial charge on any atom is -0.350 e. The Morgan fingerprint density at radius 2 is 2.10 bits per heavy atom. The van der Waals surface area contributed by atoms with Crippen LogP contribution in [0.15, 0.2) is 47.7 Å². The zero-order valence-corrected chi connectivity index (χ0v) is 10.9. The Bertz CT molecular complexity index is 639. The number of carbonyl (C=O) groups is 1. The lowest BCUT2D eigenvalue weighted by Gasteiger charge is -2.17. The fourth-order valence-electron chi connectivity index (χ4n) is 2.13. The largest absolute Gasteiger partial charge is 0.350 e. The summed E-state index contributed by atoms with van der Waals surface area (Å²) in [5, 5.41) is 2.89. The van der Waals surface area contributed by atoms with Gasteiger partial charge in [-0.1, -0.05) is 12.1 Å². The molecule has 0 aromatic carbocycles. The fourth-order valence-corrected chi connectivity index (χ4v) is 2.13. The second-order valence-electron chi connectivity index (χ2n) is 4.61. The molecule has 0 bridgehead atoms. The molecule has 1 aliphatic heterocycles. The third kappa shape index (κ3) is 2.71. The van der Waals surface area contributed by atoms with Crippen LogP contribution in [0.5, 0.6) is 0 Å². The van der Waals surface area contributed by atoms with Crippen molar-refractivity contribution in [1.29, 1.82) is 0 Å². The summed E-state index contributed by atoms with van der Waals surface area (Å²) >= 11 is 0. The second-order valence-corrected chi connectivity index (χ2v) is 4.61. The third-order valence-electron chi connectivity index (χ3n) is 3.19. The first-order valence-electron chi connectivity index (χ1n) is 6.48. The highest BCUT2D eigenvalue weighted by molar-refractivity contribution is 5.95. The highest BCUT2D eigenvalue weighted by Gasteiger charge is 2.21. The molecule has 0 saturated carbocycles. The molecule has 1 unspecified atom stereocenters. The minimum atomic E-state index is -0.240. The molecule has 5 nitrogen and oxygen atoms in total. The standard InChI is InChI=1S/C15H14N4O/c20-15(19-10-13-5-1-2-6-16-13)12-8-11-4-3-7-17-14(11)18-9-12/h1-7,9,12H,8,10H2,(H,19,20). The lowest BCUT2D eigenvalue weighted by Crippen LogP contribution is -2.33. The average molecular weight is 266 g/mol. The Morgan fingerprint density at radius 3 is 2.95 bits per heavy atom. The number of fused-ring (bicyclic) bond motifs is 1. The summed E-state index contributed by atoms with van der Waals surface area (Å²) in [6.07, 6.45) is 5.73. The predicted molar refractivity (Wildman–Crippen MR) is 75.7 cm³/mol. The number of carbonyl (C=O) groups excluding carboxylic acids is 1. The van der Waals surface area contributed by atoms with E-state index in [1.54, 1.807) is 18.6 Å². The number of hydrogen-bond acceptors (Lipinski definition) is 4. The fraction of sp³-hybridized carbons (Fsp3) is 0.200. The molecule has 0 saturated heterocycles. The molecule has 5 heteroatoms. The summed E-state index contributed by atoms with van der Waals surface area (Å²) in [5.74, 6) is 0.436. The van der Waals surface area contributed by atoms with E-state index in [1.165, 1.54) is 0 Å². The number of aromatic nitrogens is 2. The third-order valence-corrected chi connectivity index (χ3v) is 3.19. The molecule has 0 aliphatic carbocycles. The van der Waals surface area contributed by atoms with E-state index in [-0.39, 0.29) is 11.8 Å². The van der Waals surface area contributed by atoms with Crippen molar-refractivity contribution in [2.24, 2.45) is 10.9 Å². The molecule has 0 radical (unpaired) electrons. The zero-order chi connectivity index (χ0) is 13.8. The van der Waals surface area contributed by atoms with Crippen molar-refractivity contribution >= 4 is 17.9 Å². The highest BCUT2D eigenvalue weighted by Crippen LogP contribution is 2.23. The van der Waals surface area contributed by atoms with Gasteiger partial charge in [0, 0.05) is 18.6 Å². The van der Waals surface area contributed by atoms with Crippen molar-refractivity contribution < 1.29 is 4.79 Å². The smallest absolute Gasteiger partial charge is 0.229 e. The molecule has 0 spiro atoms. The molecule has 2 aromatic rings. The SMILES string of the molecule is O=C(NCc1ccccn1)C1C=Nc2ncccc2C1. The van der Waals surface area contributed by atoms with Crippen molar-refractivity contribution in [2.75, 3.05) is 0 Å². The number of nitrogens with one attached hydrogen (secondary N) is 1. The molecule has 20 heavy (non-hydrogen) atoms. The molecule has 3 rings (SSSR count). The van der Waals surface area contributed by atoms with Crippen molar-refractivity contribution in [2.45, 2.75) is 13.0 Å². The van der Waals surface area contributed by atoms with Gasteiger partial charge in [-0.2, -0.15) is 0 Å². The lowest BCUT2D eigenvalue weighted by molar-refractivity contribution is -0.123. The van der Waals surface area contributed by atoms with Crippen LogP contribution in [0.3, 0.4) is 0 Å². The molecule has 0 fully saturated rings. The number of hydrogen-bond donors (Lipinski definition) is 1. The van der Waals surface area contributed by atoms with Gasteiger partial charge in [0.15, 0.2) is 5.82 Å². The molecular weight excluding hydrogens is 252 g/mol. The number of amides is 1. The van der Waals surface area contributed by atoms with Crippen LogP contribution in [0.25, 0.3) is 0 Å². The zero-order valence-electron chi connectivity index (χ0n) is 10.9.